The van der Waals surface area contributed by atoms with Crippen molar-refractivity contribution in [3.63, 3.8) is 0 Å². The normalized spacial score (nSPS) is 16.1. The molecule has 2 aliphatic carbocycles. The van der Waals surface area contributed by atoms with Crippen LogP contribution in [0.3, 0.4) is 0 Å². The van der Waals surface area contributed by atoms with Crippen LogP contribution >= 0.6 is 0 Å². The third-order valence-corrected chi connectivity index (χ3v) is 6.53. The van der Waals surface area contributed by atoms with Gasteiger partial charge in [0.1, 0.15) is 11.9 Å². The highest BCUT2D eigenvalue weighted by Crippen LogP contribution is 2.50. The predicted octanol–water partition coefficient (Wildman–Crippen LogP) is 3.72. The molecule has 1 aromatic carbocycles. The van der Waals surface area contributed by atoms with Gasteiger partial charge in [-0.2, -0.15) is 10.2 Å². The quantitative estimate of drug-likeness (QED) is 0.308. The molecular formula is C27H25N7O3. The number of nitrogens with zero attached hydrogens (tertiary/aromatic N) is 4. The molecule has 2 fully saturated rings. The van der Waals surface area contributed by atoms with Gasteiger partial charge >= 0.3 is 5.97 Å². The Morgan fingerprint density at radius 1 is 1.22 bits per heavy atom. The maximum absolute atomic E-state index is 11.7. The van der Waals surface area contributed by atoms with Gasteiger partial charge in [0.2, 0.25) is 5.88 Å². The number of ether oxygens (including phenoxy) is 1. The monoisotopic (exact) mass is 495 g/mol. The van der Waals surface area contributed by atoms with Crippen LogP contribution in [0.15, 0.2) is 54.7 Å². The Kier molecular flexibility index (Phi) is 6.27. The van der Waals surface area contributed by atoms with Gasteiger partial charge < -0.3 is 25.9 Å². The van der Waals surface area contributed by atoms with Crippen molar-refractivity contribution in [1.82, 2.24) is 20.3 Å². The third-order valence-electron chi connectivity index (χ3n) is 6.53. The van der Waals surface area contributed by atoms with E-state index < -0.39 is 11.4 Å². The summed E-state index contributed by atoms with van der Waals surface area (Å²) in [6, 6.07) is 11.0. The molecule has 0 amide bonds. The Bertz CT molecular complexity index is 1440. The molecule has 0 bridgehead atoms. The summed E-state index contributed by atoms with van der Waals surface area (Å²) in [6.45, 7) is 0. The van der Waals surface area contributed by atoms with Crippen molar-refractivity contribution in [1.29, 1.82) is 10.7 Å². The lowest BCUT2D eigenvalue weighted by molar-refractivity contribution is -0.140. The van der Waals surface area contributed by atoms with Gasteiger partial charge in [-0.3, -0.25) is 14.8 Å². The zero-order chi connectivity index (χ0) is 26.0. The van der Waals surface area contributed by atoms with Crippen LogP contribution in [0.4, 0.5) is 5.82 Å². The molecule has 10 heteroatoms. The van der Waals surface area contributed by atoms with Crippen molar-refractivity contribution < 1.29 is 14.6 Å². The van der Waals surface area contributed by atoms with Crippen LogP contribution in [0, 0.1) is 16.7 Å². The molecule has 0 atom stereocenters. The Hall–Kier alpha value is -4.78. The highest BCUT2D eigenvalue weighted by atomic mass is 16.5. The van der Waals surface area contributed by atoms with Gasteiger partial charge in [-0.25, -0.2) is 0 Å². The van der Waals surface area contributed by atoms with Crippen LogP contribution in [0.2, 0.25) is 0 Å². The average molecular weight is 496 g/mol. The van der Waals surface area contributed by atoms with E-state index in [1.807, 2.05) is 12.1 Å². The zero-order valence-corrected chi connectivity index (χ0v) is 20.2. The van der Waals surface area contributed by atoms with Gasteiger partial charge in [-0.1, -0.05) is 18.2 Å². The second-order valence-corrected chi connectivity index (χ2v) is 9.06. The minimum absolute atomic E-state index is 0.205. The number of hydrogen-bond donors (Lipinski definition) is 4. The summed E-state index contributed by atoms with van der Waals surface area (Å²) in [5.74, 6) is 0.543. The molecule has 0 unspecified atom stereocenters. The Labute approximate surface area is 213 Å². The zero-order valence-electron chi connectivity index (χ0n) is 20.2. The number of hydrogen-bond acceptors (Lipinski definition) is 9. The van der Waals surface area contributed by atoms with Crippen LogP contribution < -0.4 is 15.4 Å². The molecule has 2 saturated carbocycles. The number of allylic oxidation sites excluding steroid dienone is 1. The first-order valence-corrected chi connectivity index (χ1v) is 11.9. The molecule has 5 rings (SSSR count). The first-order valence-electron chi connectivity index (χ1n) is 11.9. The standard InChI is InChI=1S/C27H25N7O3/c1-30-25(34-23-14-31-15-24(33-23)37-19-4-5-19)20(12-29)22-7-3-17(13-32-22)16-2-6-21(18(10-16)11-28)27(8-9-27)26(35)36/h2-3,6-7,10,12-15,19,29-30H,4-5,8-9H2,1H3,(H,33,34)(H,35,36)/b25-20-,29-12?. The van der Waals surface area contributed by atoms with E-state index in [9.17, 15) is 15.2 Å². The maximum Gasteiger partial charge on any atom is 0.314 e. The minimum atomic E-state index is -0.945. The molecular weight excluding hydrogens is 470 g/mol. The van der Waals surface area contributed by atoms with Crippen molar-refractivity contribution in [3.8, 4) is 23.1 Å². The molecule has 2 aliphatic rings. The molecule has 186 valence electrons. The van der Waals surface area contributed by atoms with E-state index in [0.29, 0.717) is 52.8 Å². The smallest absolute Gasteiger partial charge is 0.314 e. The number of benzene rings is 1. The van der Waals surface area contributed by atoms with Crippen molar-refractivity contribution in [3.05, 3.63) is 71.6 Å². The van der Waals surface area contributed by atoms with Crippen LogP contribution in [0.5, 0.6) is 5.88 Å². The lowest BCUT2D eigenvalue weighted by atomic mass is 9.89. The fourth-order valence-corrected chi connectivity index (χ4v) is 4.17. The van der Waals surface area contributed by atoms with E-state index in [1.165, 1.54) is 6.21 Å². The van der Waals surface area contributed by atoms with Crippen LogP contribution in [0.1, 0.15) is 42.5 Å². The Balaban J connectivity index is 1.40. The van der Waals surface area contributed by atoms with Crippen molar-refractivity contribution in [2.45, 2.75) is 37.2 Å². The second-order valence-electron chi connectivity index (χ2n) is 9.06. The Morgan fingerprint density at radius 2 is 2.00 bits per heavy atom. The van der Waals surface area contributed by atoms with E-state index in [2.05, 4.69) is 31.7 Å². The molecule has 4 N–H and O–H groups in total. The van der Waals surface area contributed by atoms with Gasteiger partial charge in [-0.15, -0.1) is 0 Å². The minimum Gasteiger partial charge on any atom is -0.481 e. The van der Waals surface area contributed by atoms with Gasteiger partial charge in [0.25, 0.3) is 0 Å². The number of nitriles is 1. The van der Waals surface area contributed by atoms with Gasteiger partial charge in [0.05, 0.1) is 40.7 Å². The SMILES string of the molecule is CN/C(Nc1cncc(OC2CC2)n1)=C(\C=N)c1ccc(-c2ccc(C3(C(=O)O)CC3)c(C#N)c2)cn1. The van der Waals surface area contributed by atoms with Gasteiger partial charge in [0, 0.05) is 25.0 Å². The fraction of sp³-hybridized carbons (Fsp3) is 0.259. The summed E-state index contributed by atoms with van der Waals surface area (Å²) in [7, 11) is 1.73. The number of anilines is 1. The topological polar surface area (TPSA) is 157 Å². The molecule has 2 aromatic heterocycles. The van der Waals surface area contributed by atoms with Gasteiger partial charge in [0.15, 0.2) is 5.82 Å². The third kappa shape index (κ3) is 4.84. The highest BCUT2D eigenvalue weighted by Gasteiger charge is 2.52. The van der Waals surface area contributed by atoms with Crippen molar-refractivity contribution in [2.24, 2.45) is 0 Å². The summed E-state index contributed by atoms with van der Waals surface area (Å²) in [5, 5.41) is 33.5. The largest absolute Gasteiger partial charge is 0.481 e. The predicted molar refractivity (Wildman–Crippen MR) is 137 cm³/mol. The van der Waals surface area contributed by atoms with Crippen molar-refractivity contribution >= 4 is 23.6 Å². The van der Waals surface area contributed by atoms with E-state index in [1.54, 1.807) is 43.8 Å². The number of rotatable bonds is 10. The first kappa shape index (κ1) is 23.9. The highest BCUT2D eigenvalue weighted by molar-refractivity contribution is 6.09. The van der Waals surface area contributed by atoms with Gasteiger partial charge in [-0.05, 0) is 48.9 Å². The summed E-state index contributed by atoms with van der Waals surface area (Å²) >= 11 is 0. The van der Waals surface area contributed by atoms with Crippen LogP contribution in [-0.4, -0.2) is 45.4 Å². The molecule has 3 aromatic rings. The number of carboxylic acids is 1. The van der Waals surface area contributed by atoms with E-state index in [4.69, 9.17) is 10.1 Å². The number of aromatic nitrogens is 3. The van der Waals surface area contributed by atoms with E-state index in [0.717, 1.165) is 24.0 Å². The number of nitrogens with one attached hydrogen (secondary N) is 3. The lowest BCUT2D eigenvalue weighted by Crippen LogP contribution is -2.20. The summed E-state index contributed by atoms with van der Waals surface area (Å²) in [4.78, 5) is 24.9. The summed E-state index contributed by atoms with van der Waals surface area (Å²) < 4.78 is 5.71. The molecule has 10 nitrogen and oxygen atoms in total. The molecule has 0 saturated heterocycles. The van der Waals surface area contributed by atoms with Crippen LogP contribution in [0.25, 0.3) is 16.7 Å². The average Bonchev–Trinajstić information content (AvgIpc) is 3.85. The summed E-state index contributed by atoms with van der Waals surface area (Å²) in [5.41, 5.74) is 2.56. The molecule has 0 radical (unpaired) electrons. The summed E-state index contributed by atoms with van der Waals surface area (Å²) in [6.07, 6.45) is 9.32. The molecule has 0 spiro atoms. The molecule has 2 heterocycles. The number of carbonyl (C=O) groups is 1. The second kappa shape index (κ2) is 9.70. The van der Waals surface area contributed by atoms with Crippen LogP contribution in [-0.2, 0) is 10.2 Å². The maximum atomic E-state index is 11.7. The van der Waals surface area contributed by atoms with E-state index >= 15 is 0 Å². The number of pyridine rings is 1. The van der Waals surface area contributed by atoms with Crippen molar-refractivity contribution in [2.75, 3.05) is 12.4 Å². The first-order chi connectivity index (χ1) is 18.0. The van der Waals surface area contributed by atoms with E-state index in [-0.39, 0.29) is 6.10 Å². The fourth-order valence-electron chi connectivity index (χ4n) is 4.17. The molecule has 37 heavy (non-hydrogen) atoms. The number of carboxylic acid groups (broad SMARTS) is 1. The number of aliphatic carboxylic acids is 1. The lowest BCUT2D eigenvalue weighted by Gasteiger charge is -2.15. The molecule has 0 aliphatic heterocycles. The Morgan fingerprint density at radius 3 is 2.59 bits per heavy atom.